The Bertz CT molecular complexity index is 1570. The molecule has 41 heavy (non-hydrogen) atoms. The van der Waals surface area contributed by atoms with Crippen LogP contribution in [0.4, 0.5) is 19.0 Å². The van der Waals surface area contributed by atoms with Crippen LogP contribution in [0.3, 0.4) is 0 Å². The number of anilines is 1. The van der Waals surface area contributed by atoms with Crippen molar-refractivity contribution in [2.24, 2.45) is 5.92 Å². The van der Waals surface area contributed by atoms with E-state index in [1.165, 1.54) is 11.1 Å². The van der Waals surface area contributed by atoms with Gasteiger partial charge >= 0.3 is 6.01 Å². The molecule has 4 heterocycles. The summed E-state index contributed by atoms with van der Waals surface area (Å²) in [4.78, 5) is 27.1. The molecule has 7 rings (SSSR count). The van der Waals surface area contributed by atoms with Gasteiger partial charge in [-0.25, -0.2) is 13.2 Å². The summed E-state index contributed by atoms with van der Waals surface area (Å²) in [5.41, 5.74) is 3.10. The van der Waals surface area contributed by atoms with Gasteiger partial charge in [0.2, 0.25) is 0 Å². The third kappa shape index (κ3) is 4.60. The maximum atomic E-state index is 16.3. The van der Waals surface area contributed by atoms with Crippen LogP contribution in [0.2, 0.25) is 0 Å². The fourth-order valence-electron chi connectivity index (χ4n) is 7.07. The minimum Gasteiger partial charge on any atom is -0.461 e. The lowest BCUT2D eigenvalue weighted by Crippen LogP contribution is -2.43. The van der Waals surface area contributed by atoms with Crippen LogP contribution in [0, 0.1) is 11.7 Å². The Balaban J connectivity index is 1.22. The second-order valence-corrected chi connectivity index (χ2v) is 11.7. The van der Waals surface area contributed by atoms with Crippen molar-refractivity contribution in [3.05, 3.63) is 53.7 Å². The topological polar surface area (TPSA) is 92.3 Å². The zero-order valence-electron chi connectivity index (χ0n) is 22.6. The van der Waals surface area contributed by atoms with Gasteiger partial charge in [-0.1, -0.05) is 24.8 Å². The van der Waals surface area contributed by atoms with E-state index in [0.29, 0.717) is 30.2 Å². The lowest BCUT2D eigenvalue weighted by Gasteiger charge is -2.30. The lowest BCUT2D eigenvalue weighted by atomic mass is 9.95. The molecule has 11 heteroatoms. The van der Waals surface area contributed by atoms with Crippen LogP contribution >= 0.6 is 0 Å². The van der Waals surface area contributed by atoms with E-state index < -0.39 is 29.3 Å². The number of fused-ring (bicyclic) bond motifs is 5. The van der Waals surface area contributed by atoms with Gasteiger partial charge < -0.3 is 15.4 Å². The molecule has 2 saturated heterocycles. The van der Waals surface area contributed by atoms with Crippen LogP contribution in [-0.4, -0.2) is 70.3 Å². The number of hydrogen-bond acceptors (Lipinski definition) is 7. The molecule has 0 radical (unpaired) electrons. The van der Waals surface area contributed by atoms with E-state index in [-0.39, 0.29) is 42.7 Å². The van der Waals surface area contributed by atoms with Gasteiger partial charge in [0, 0.05) is 37.8 Å². The molecule has 8 nitrogen and oxygen atoms in total. The number of pyridine rings is 1. The maximum Gasteiger partial charge on any atom is 0.319 e. The van der Waals surface area contributed by atoms with Crippen LogP contribution in [0.15, 0.2) is 36.8 Å². The summed E-state index contributed by atoms with van der Waals surface area (Å²) in [5.74, 6) is -1.20. The van der Waals surface area contributed by atoms with Crippen molar-refractivity contribution in [1.29, 1.82) is 0 Å². The van der Waals surface area contributed by atoms with Gasteiger partial charge in [-0.05, 0) is 55.2 Å². The number of ether oxygens (including phenoxy) is 1. The number of benzene rings is 1. The third-order valence-corrected chi connectivity index (χ3v) is 9.07. The van der Waals surface area contributed by atoms with Crippen LogP contribution < -0.4 is 15.4 Å². The molecule has 1 aromatic carbocycles. The molecule has 1 saturated carbocycles. The normalized spacial score (nSPS) is 26.0. The Morgan fingerprint density at radius 1 is 1.27 bits per heavy atom. The van der Waals surface area contributed by atoms with Gasteiger partial charge in [0.25, 0.3) is 5.91 Å². The van der Waals surface area contributed by atoms with E-state index in [4.69, 9.17) is 4.74 Å². The van der Waals surface area contributed by atoms with Gasteiger partial charge in [0.1, 0.15) is 29.8 Å². The van der Waals surface area contributed by atoms with Crippen LogP contribution in [0.25, 0.3) is 22.2 Å². The van der Waals surface area contributed by atoms with Crippen LogP contribution in [0.1, 0.15) is 42.7 Å². The van der Waals surface area contributed by atoms with E-state index in [9.17, 15) is 13.6 Å². The predicted molar refractivity (Wildman–Crippen MR) is 148 cm³/mol. The highest BCUT2D eigenvalue weighted by Crippen LogP contribution is 2.58. The number of nitrogens with one attached hydrogen (secondary N) is 2. The molecule has 4 aliphatic rings. The molecule has 0 spiro atoms. The molecule has 1 amide bonds. The standard InChI is InChI=1S/C30H31F3N6O2/c1-16(31)28(40)35-8-7-34-27-22-13-36-25(20-5-2-4-17-10-18-11-21(18)23(17)20)24(33)26(22)37-29(38-27)41-15-30-6-3-9-39(30)14-19(32)12-30/h2,4-5,13,18-19,21H,1,3,6-12,14-15H2,(H,35,40)(H,34,37,38)/t18-,19-,21+,30+/m1/s1. The summed E-state index contributed by atoms with van der Waals surface area (Å²) in [5, 5.41) is 5.82. The molecular weight excluding hydrogens is 533 g/mol. The van der Waals surface area contributed by atoms with Crippen molar-refractivity contribution in [2.75, 3.05) is 38.1 Å². The Morgan fingerprint density at radius 3 is 3.00 bits per heavy atom. The average Bonchev–Trinajstić information content (AvgIpc) is 3.28. The van der Waals surface area contributed by atoms with Crippen molar-refractivity contribution in [3.63, 3.8) is 0 Å². The highest BCUT2D eigenvalue weighted by molar-refractivity contribution is 5.92. The number of aromatic nitrogens is 3. The van der Waals surface area contributed by atoms with Gasteiger partial charge in [-0.15, -0.1) is 0 Å². The van der Waals surface area contributed by atoms with Crippen LogP contribution in [0.5, 0.6) is 6.01 Å². The minimum absolute atomic E-state index is 0.0266. The van der Waals surface area contributed by atoms with Crippen LogP contribution in [-0.2, 0) is 11.2 Å². The molecule has 2 aliphatic heterocycles. The molecule has 3 fully saturated rings. The second kappa shape index (κ2) is 9.97. The zero-order chi connectivity index (χ0) is 28.3. The molecule has 0 bridgehead atoms. The molecular formula is C30H31F3N6O2. The first-order chi connectivity index (χ1) is 19.8. The third-order valence-electron chi connectivity index (χ3n) is 9.07. The number of rotatable bonds is 9. The Labute approximate surface area is 235 Å². The molecule has 2 N–H and O–H groups in total. The zero-order valence-corrected chi connectivity index (χ0v) is 22.6. The minimum atomic E-state index is -1.08. The number of carbonyl (C=O) groups is 1. The molecule has 3 aromatic rings. The number of hydrogen-bond donors (Lipinski definition) is 2. The van der Waals surface area contributed by atoms with E-state index >= 15 is 4.39 Å². The monoisotopic (exact) mass is 564 g/mol. The predicted octanol–water partition coefficient (Wildman–Crippen LogP) is 4.46. The quantitative estimate of drug-likeness (QED) is 0.293. The first-order valence-corrected chi connectivity index (χ1v) is 14.2. The summed E-state index contributed by atoms with van der Waals surface area (Å²) in [6, 6.07) is 5.94. The largest absolute Gasteiger partial charge is 0.461 e. The highest BCUT2D eigenvalue weighted by Gasteiger charge is 2.49. The summed E-state index contributed by atoms with van der Waals surface area (Å²) in [6.07, 6.45) is 4.94. The summed E-state index contributed by atoms with van der Waals surface area (Å²) < 4.78 is 49.7. The average molecular weight is 565 g/mol. The molecule has 2 aromatic heterocycles. The van der Waals surface area contributed by atoms with Gasteiger partial charge in [0.15, 0.2) is 11.6 Å². The van der Waals surface area contributed by atoms with E-state index in [1.54, 1.807) is 6.20 Å². The number of carbonyl (C=O) groups excluding carboxylic acids is 1. The number of alkyl halides is 1. The van der Waals surface area contributed by atoms with Crippen molar-refractivity contribution < 1.29 is 22.7 Å². The molecule has 214 valence electrons. The van der Waals surface area contributed by atoms with Gasteiger partial charge in [-0.3, -0.25) is 14.7 Å². The molecule has 4 atom stereocenters. The van der Waals surface area contributed by atoms with Crippen molar-refractivity contribution >= 4 is 22.6 Å². The van der Waals surface area contributed by atoms with Crippen molar-refractivity contribution in [1.82, 2.24) is 25.2 Å². The van der Waals surface area contributed by atoms with E-state index in [0.717, 1.165) is 37.8 Å². The first-order valence-electron chi connectivity index (χ1n) is 14.2. The smallest absolute Gasteiger partial charge is 0.319 e. The van der Waals surface area contributed by atoms with Crippen molar-refractivity contribution in [2.45, 2.75) is 49.7 Å². The summed E-state index contributed by atoms with van der Waals surface area (Å²) in [6.45, 7) is 4.63. The van der Waals surface area contributed by atoms with Gasteiger partial charge in [-0.2, -0.15) is 9.97 Å². The fraction of sp³-hybridized carbons (Fsp3) is 0.467. The Hall–Kier alpha value is -3.73. The maximum absolute atomic E-state index is 16.3. The number of amides is 1. The van der Waals surface area contributed by atoms with Crippen molar-refractivity contribution in [3.8, 4) is 17.3 Å². The first kappa shape index (κ1) is 26.2. The fourth-order valence-corrected chi connectivity index (χ4v) is 7.07. The summed E-state index contributed by atoms with van der Waals surface area (Å²) >= 11 is 0. The Morgan fingerprint density at radius 2 is 2.15 bits per heavy atom. The Kier molecular flexibility index (Phi) is 6.37. The highest BCUT2D eigenvalue weighted by atomic mass is 19.1. The lowest BCUT2D eigenvalue weighted by molar-refractivity contribution is -0.118. The van der Waals surface area contributed by atoms with E-state index in [2.05, 4.69) is 43.1 Å². The summed E-state index contributed by atoms with van der Waals surface area (Å²) in [7, 11) is 0. The second-order valence-electron chi connectivity index (χ2n) is 11.7. The number of halogens is 3. The SMILES string of the molecule is C=C(F)C(=O)NCCNc1nc(OC[C@@]23CCCN2C[C@H](F)C3)nc2c(F)c(-c3cccc4c3[C@H]3C[C@H]3C4)ncc12. The molecule has 0 unspecified atom stereocenters. The number of nitrogens with zero attached hydrogens (tertiary/aromatic N) is 4. The van der Waals surface area contributed by atoms with E-state index in [1.807, 2.05) is 12.1 Å². The molecule has 2 aliphatic carbocycles. The van der Waals surface area contributed by atoms with Gasteiger partial charge in [0.05, 0.1) is 10.9 Å².